The molecule has 0 aliphatic carbocycles. The summed E-state index contributed by atoms with van der Waals surface area (Å²) in [6, 6.07) is 0.269. The minimum Gasteiger partial charge on any atom is -0.367 e. The Morgan fingerprint density at radius 1 is 1.50 bits per heavy atom. The zero-order valence-corrected chi connectivity index (χ0v) is 7.73. The number of tetrazole rings is 1. The van der Waals surface area contributed by atoms with Crippen LogP contribution < -0.4 is 5.73 Å². The lowest BCUT2D eigenvalue weighted by molar-refractivity contribution is 0.341. The summed E-state index contributed by atoms with van der Waals surface area (Å²) in [4.78, 5) is 0. The molecule has 0 saturated carbocycles. The Balaban J connectivity index is 2.77. The fraction of sp³-hybridized carbons (Fsp3) is 0.857. The molecule has 0 aliphatic heterocycles. The number of anilines is 1. The van der Waals surface area contributed by atoms with E-state index in [1.54, 1.807) is 4.68 Å². The van der Waals surface area contributed by atoms with E-state index < -0.39 is 0 Å². The van der Waals surface area contributed by atoms with Gasteiger partial charge in [-0.2, -0.15) is 0 Å². The van der Waals surface area contributed by atoms with Crippen LogP contribution in [-0.4, -0.2) is 20.2 Å². The van der Waals surface area contributed by atoms with E-state index in [1.165, 1.54) is 0 Å². The molecule has 1 rings (SSSR count). The molecule has 5 nitrogen and oxygen atoms in total. The molecule has 0 aromatic carbocycles. The monoisotopic (exact) mass is 169 g/mol. The fourth-order valence-corrected chi connectivity index (χ4v) is 1.07. The number of hydrogen-bond acceptors (Lipinski definition) is 4. The van der Waals surface area contributed by atoms with Crippen LogP contribution in [0.3, 0.4) is 0 Å². The molecule has 0 spiro atoms. The number of nitrogens with zero attached hydrogens (tertiary/aromatic N) is 4. The van der Waals surface area contributed by atoms with Crippen molar-refractivity contribution in [3.05, 3.63) is 0 Å². The molecule has 2 unspecified atom stereocenters. The Morgan fingerprint density at radius 2 is 2.17 bits per heavy atom. The molecule has 2 atom stereocenters. The molecule has 68 valence electrons. The smallest absolute Gasteiger partial charge is 0.240 e. The predicted octanol–water partition coefficient (Wildman–Crippen LogP) is 0.862. The molecular weight excluding hydrogens is 154 g/mol. The van der Waals surface area contributed by atoms with E-state index in [0.29, 0.717) is 11.9 Å². The molecule has 0 saturated heterocycles. The Hall–Kier alpha value is -1.13. The third-order valence-electron chi connectivity index (χ3n) is 2.37. The third-order valence-corrected chi connectivity index (χ3v) is 2.37. The van der Waals surface area contributed by atoms with Crippen LogP contribution in [0, 0.1) is 5.92 Å². The highest BCUT2D eigenvalue weighted by atomic mass is 15.6. The Kier molecular flexibility index (Phi) is 2.62. The summed E-state index contributed by atoms with van der Waals surface area (Å²) in [6.07, 6.45) is 1.10. The van der Waals surface area contributed by atoms with Crippen molar-refractivity contribution in [3.8, 4) is 0 Å². The number of aromatic nitrogens is 4. The average Bonchev–Trinajstić information content (AvgIpc) is 2.48. The van der Waals surface area contributed by atoms with Crippen molar-refractivity contribution < 1.29 is 0 Å². The molecule has 0 radical (unpaired) electrons. The minimum absolute atomic E-state index is 0.269. The molecular formula is C7H15N5. The Bertz CT molecular complexity index is 244. The molecule has 1 aromatic heterocycles. The summed E-state index contributed by atoms with van der Waals surface area (Å²) in [5.74, 6) is 0.929. The van der Waals surface area contributed by atoms with Crippen molar-refractivity contribution >= 4 is 5.95 Å². The first kappa shape index (κ1) is 8.96. The predicted molar refractivity (Wildman–Crippen MR) is 46.4 cm³/mol. The quantitative estimate of drug-likeness (QED) is 0.728. The van der Waals surface area contributed by atoms with Crippen LogP contribution in [0.15, 0.2) is 0 Å². The lowest BCUT2D eigenvalue weighted by Gasteiger charge is -2.17. The average molecular weight is 169 g/mol. The standard InChI is InChI=1S/C7H15N5/c1-4-5(2)6(3)12-7(8)9-10-11-12/h5-6H,4H2,1-3H3,(H2,8,9,11). The number of hydrogen-bond donors (Lipinski definition) is 1. The summed E-state index contributed by atoms with van der Waals surface area (Å²) in [6.45, 7) is 6.37. The van der Waals surface area contributed by atoms with Gasteiger partial charge in [0, 0.05) is 0 Å². The van der Waals surface area contributed by atoms with Crippen LogP contribution in [0.2, 0.25) is 0 Å². The topological polar surface area (TPSA) is 69.6 Å². The molecule has 1 heterocycles. The van der Waals surface area contributed by atoms with Crippen molar-refractivity contribution in [2.75, 3.05) is 5.73 Å². The Morgan fingerprint density at radius 3 is 2.58 bits per heavy atom. The maximum atomic E-state index is 5.56. The van der Waals surface area contributed by atoms with Crippen LogP contribution in [0.4, 0.5) is 5.95 Å². The van der Waals surface area contributed by atoms with E-state index in [4.69, 9.17) is 5.73 Å². The zero-order valence-electron chi connectivity index (χ0n) is 7.73. The minimum atomic E-state index is 0.269. The van der Waals surface area contributed by atoms with E-state index >= 15 is 0 Å². The largest absolute Gasteiger partial charge is 0.367 e. The van der Waals surface area contributed by atoms with Gasteiger partial charge in [0.2, 0.25) is 5.95 Å². The molecule has 12 heavy (non-hydrogen) atoms. The zero-order chi connectivity index (χ0) is 9.14. The number of nitrogen functional groups attached to an aromatic ring is 1. The van der Waals surface area contributed by atoms with E-state index in [2.05, 4.69) is 36.3 Å². The Labute approximate surface area is 71.9 Å². The molecule has 1 aromatic rings. The first-order valence-corrected chi connectivity index (χ1v) is 4.20. The third kappa shape index (κ3) is 1.54. The maximum absolute atomic E-state index is 5.56. The maximum Gasteiger partial charge on any atom is 0.240 e. The summed E-state index contributed by atoms with van der Waals surface area (Å²) < 4.78 is 1.66. The van der Waals surface area contributed by atoms with Gasteiger partial charge >= 0.3 is 0 Å². The first-order chi connectivity index (χ1) is 5.66. The number of rotatable bonds is 3. The summed E-state index contributed by atoms with van der Waals surface area (Å²) in [5, 5.41) is 10.9. The fourth-order valence-electron chi connectivity index (χ4n) is 1.07. The van der Waals surface area contributed by atoms with Gasteiger partial charge < -0.3 is 5.73 Å². The second-order valence-electron chi connectivity index (χ2n) is 3.11. The van der Waals surface area contributed by atoms with E-state index in [-0.39, 0.29) is 6.04 Å². The van der Waals surface area contributed by atoms with Crippen molar-refractivity contribution in [1.82, 2.24) is 20.2 Å². The second kappa shape index (κ2) is 3.51. The highest BCUT2D eigenvalue weighted by molar-refractivity contribution is 5.11. The molecule has 0 aliphatic rings. The van der Waals surface area contributed by atoms with Crippen molar-refractivity contribution in [2.45, 2.75) is 33.2 Å². The van der Waals surface area contributed by atoms with Crippen molar-refractivity contribution in [2.24, 2.45) is 5.92 Å². The van der Waals surface area contributed by atoms with Gasteiger partial charge in [0.25, 0.3) is 0 Å². The van der Waals surface area contributed by atoms with Gasteiger partial charge in [0.15, 0.2) is 0 Å². The molecule has 5 heteroatoms. The van der Waals surface area contributed by atoms with Gasteiger partial charge in [-0.05, 0) is 23.3 Å². The lowest BCUT2D eigenvalue weighted by atomic mass is 10.0. The van der Waals surface area contributed by atoms with Gasteiger partial charge in [0.1, 0.15) is 0 Å². The molecule has 0 bridgehead atoms. The highest BCUT2D eigenvalue weighted by Gasteiger charge is 2.15. The van der Waals surface area contributed by atoms with Crippen LogP contribution in [-0.2, 0) is 0 Å². The normalized spacial score (nSPS) is 15.9. The molecule has 2 N–H and O–H groups in total. The van der Waals surface area contributed by atoms with Gasteiger partial charge in [0.05, 0.1) is 6.04 Å². The number of nitrogens with two attached hydrogens (primary N) is 1. The van der Waals surface area contributed by atoms with Gasteiger partial charge in [-0.25, -0.2) is 4.68 Å². The molecule has 0 fully saturated rings. The molecule has 0 amide bonds. The van der Waals surface area contributed by atoms with E-state index in [0.717, 1.165) is 6.42 Å². The van der Waals surface area contributed by atoms with Gasteiger partial charge in [-0.15, -0.1) is 0 Å². The highest BCUT2D eigenvalue weighted by Crippen LogP contribution is 2.20. The first-order valence-electron chi connectivity index (χ1n) is 4.20. The SMILES string of the molecule is CCC(C)C(C)n1nnnc1N. The van der Waals surface area contributed by atoms with Crippen LogP contribution in [0.1, 0.15) is 33.2 Å². The van der Waals surface area contributed by atoms with Crippen molar-refractivity contribution in [1.29, 1.82) is 0 Å². The van der Waals surface area contributed by atoms with Gasteiger partial charge in [-0.3, -0.25) is 0 Å². The summed E-state index contributed by atoms with van der Waals surface area (Å²) >= 11 is 0. The van der Waals surface area contributed by atoms with Crippen LogP contribution in [0.25, 0.3) is 0 Å². The van der Waals surface area contributed by atoms with Crippen LogP contribution >= 0.6 is 0 Å². The van der Waals surface area contributed by atoms with E-state index in [1.807, 2.05) is 0 Å². The summed E-state index contributed by atoms with van der Waals surface area (Å²) in [7, 11) is 0. The lowest BCUT2D eigenvalue weighted by Crippen LogP contribution is -2.17. The van der Waals surface area contributed by atoms with Crippen LogP contribution in [0.5, 0.6) is 0 Å². The second-order valence-corrected chi connectivity index (χ2v) is 3.11. The summed E-state index contributed by atoms with van der Waals surface area (Å²) in [5.41, 5.74) is 5.56. The van der Waals surface area contributed by atoms with Crippen molar-refractivity contribution in [3.63, 3.8) is 0 Å². The van der Waals surface area contributed by atoms with Gasteiger partial charge in [-0.1, -0.05) is 25.4 Å². The van der Waals surface area contributed by atoms with E-state index in [9.17, 15) is 0 Å².